The first kappa shape index (κ1) is 15.0. The van der Waals surface area contributed by atoms with Crippen LogP contribution in [-0.4, -0.2) is 41.7 Å². The van der Waals surface area contributed by atoms with Gasteiger partial charge in [-0.25, -0.2) is 0 Å². The molecule has 4 nitrogen and oxygen atoms in total. The van der Waals surface area contributed by atoms with E-state index in [0.717, 1.165) is 13.0 Å². The maximum Gasteiger partial charge on any atom is 0.222 e. The monoisotopic (exact) mass is 276 g/mol. The fourth-order valence-corrected chi connectivity index (χ4v) is 2.71. The van der Waals surface area contributed by atoms with E-state index in [1.165, 1.54) is 11.1 Å². The summed E-state index contributed by atoms with van der Waals surface area (Å²) in [4.78, 5) is 13.3. The highest BCUT2D eigenvalue weighted by atomic mass is 16.3. The molecule has 1 heterocycles. The number of likely N-dealkylation sites (tertiary alicyclic amines) is 1. The maximum absolute atomic E-state index is 11.5. The van der Waals surface area contributed by atoms with Crippen molar-refractivity contribution in [3.63, 3.8) is 0 Å². The number of nitrogens with one attached hydrogen (secondary N) is 1. The Morgan fingerprint density at radius 1 is 1.40 bits per heavy atom. The van der Waals surface area contributed by atoms with Gasteiger partial charge in [0.1, 0.15) is 0 Å². The molecule has 0 radical (unpaired) electrons. The Morgan fingerprint density at radius 2 is 2.15 bits per heavy atom. The van der Waals surface area contributed by atoms with Crippen LogP contribution in [0.25, 0.3) is 0 Å². The van der Waals surface area contributed by atoms with Gasteiger partial charge in [0.15, 0.2) is 0 Å². The Morgan fingerprint density at radius 3 is 2.80 bits per heavy atom. The van der Waals surface area contributed by atoms with Crippen LogP contribution in [0.3, 0.4) is 0 Å². The van der Waals surface area contributed by atoms with E-state index in [9.17, 15) is 9.90 Å². The molecule has 20 heavy (non-hydrogen) atoms. The predicted octanol–water partition coefficient (Wildman–Crippen LogP) is 1.63. The van der Waals surface area contributed by atoms with Crippen molar-refractivity contribution in [2.24, 2.45) is 0 Å². The van der Waals surface area contributed by atoms with Crippen LogP contribution < -0.4 is 5.32 Å². The van der Waals surface area contributed by atoms with Crippen molar-refractivity contribution in [2.45, 2.75) is 38.8 Å². The van der Waals surface area contributed by atoms with Gasteiger partial charge in [-0.15, -0.1) is 0 Å². The van der Waals surface area contributed by atoms with Crippen LogP contribution in [0.5, 0.6) is 0 Å². The minimum Gasteiger partial charge on any atom is -0.390 e. The molecule has 1 fully saturated rings. The second kappa shape index (κ2) is 6.86. The van der Waals surface area contributed by atoms with Gasteiger partial charge in [0.25, 0.3) is 0 Å². The number of aliphatic hydroxyl groups is 1. The molecule has 0 spiro atoms. The van der Waals surface area contributed by atoms with Gasteiger partial charge in [0.05, 0.1) is 6.10 Å². The molecule has 1 aromatic rings. The van der Waals surface area contributed by atoms with E-state index in [-0.39, 0.29) is 11.9 Å². The summed E-state index contributed by atoms with van der Waals surface area (Å²) in [5.74, 6) is 0.163. The number of benzene rings is 1. The molecule has 0 unspecified atom stereocenters. The van der Waals surface area contributed by atoms with E-state index in [2.05, 4.69) is 31.3 Å². The van der Waals surface area contributed by atoms with Gasteiger partial charge in [-0.3, -0.25) is 4.79 Å². The minimum absolute atomic E-state index is 0.163. The van der Waals surface area contributed by atoms with Crippen molar-refractivity contribution in [3.8, 4) is 0 Å². The lowest BCUT2D eigenvalue weighted by atomic mass is 10.0. The molecular weight excluding hydrogens is 252 g/mol. The number of β-amino-alcohol motifs (C(OH)–C–C–N with tert-alkyl or cyclic N) is 1. The number of amides is 1. The predicted molar refractivity (Wildman–Crippen MR) is 79.4 cm³/mol. The number of carbonyl (C=O) groups is 1. The van der Waals surface area contributed by atoms with Crippen LogP contribution in [0.2, 0.25) is 0 Å². The van der Waals surface area contributed by atoms with Crippen LogP contribution in [0, 0.1) is 6.92 Å². The van der Waals surface area contributed by atoms with E-state index < -0.39 is 6.10 Å². The molecule has 0 aromatic heterocycles. The zero-order chi connectivity index (χ0) is 14.5. The largest absolute Gasteiger partial charge is 0.390 e. The van der Waals surface area contributed by atoms with Crippen LogP contribution in [0.1, 0.15) is 36.9 Å². The van der Waals surface area contributed by atoms with E-state index in [1.807, 2.05) is 12.1 Å². The average Bonchev–Trinajstić information content (AvgIpc) is 2.82. The highest BCUT2D eigenvalue weighted by Gasteiger charge is 2.22. The van der Waals surface area contributed by atoms with Gasteiger partial charge in [0.2, 0.25) is 5.91 Å². The van der Waals surface area contributed by atoms with Crippen LogP contribution >= 0.6 is 0 Å². The van der Waals surface area contributed by atoms with Crippen molar-refractivity contribution >= 4 is 5.91 Å². The lowest BCUT2D eigenvalue weighted by Crippen LogP contribution is -2.39. The first-order valence-electron chi connectivity index (χ1n) is 7.32. The molecule has 0 bridgehead atoms. The lowest BCUT2D eigenvalue weighted by Gasteiger charge is -2.22. The summed E-state index contributed by atoms with van der Waals surface area (Å²) in [6.45, 7) is 5.90. The normalized spacial score (nSPS) is 18.4. The van der Waals surface area contributed by atoms with Gasteiger partial charge in [-0.2, -0.15) is 0 Å². The summed E-state index contributed by atoms with van der Waals surface area (Å²) in [7, 11) is 0. The maximum atomic E-state index is 11.5. The Bertz CT molecular complexity index is 462. The van der Waals surface area contributed by atoms with E-state index in [0.29, 0.717) is 19.5 Å². The fourth-order valence-electron chi connectivity index (χ4n) is 2.71. The first-order chi connectivity index (χ1) is 9.58. The minimum atomic E-state index is -0.511. The average molecular weight is 276 g/mol. The number of hydrogen-bond donors (Lipinski definition) is 2. The van der Waals surface area contributed by atoms with Crippen LogP contribution in [-0.2, 0) is 4.79 Å². The van der Waals surface area contributed by atoms with Gasteiger partial charge < -0.3 is 15.3 Å². The summed E-state index contributed by atoms with van der Waals surface area (Å²) in [5.41, 5.74) is 2.49. The van der Waals surface area contributed by atoms with Crippen molar-refractivity contribution in [1.29, 1.82) is 0 Å². The molecule has 2 N–H and O–H groups in total. The van der Waals surface area contributed by atoms with E-state index in [1.54, 1.807) is 4.90 Å². The highest BCUT2D eigenvalue weighted by Crippen LogP contribution is 2.16. The third-order valence-corrected chi connectivity index (χ3v) is 3.92. The molecule has 4 heteroatoms. The standard InChI is InChI=1S/C16H24N2O2/c1-12-6-3-4-7-15(12)13(2)17-10-14(19)11-18-9-5-8-16(18)20/h3-4,6-7,13-14,17,19H,5,8-11H2,1-2H3/t13-,14+/m1/s1. The van der Waals surface area contributed by atoms with Crippen molar-refractivity contribution < 1.29 is 9.90 Å². The fraction of sp³-hybridized carbons (Fsp3) is 0.562. The number of aryl methyl sites for hydroxylation is 1. The molecule has 0 aliphatic carbocycles. The van der Waals surface area contributed by atoms with Crippen molar-refractivity contribution in [3.05, 3.63) is 35.4 Å². The number of carbonyl (C=O) groups excluding carboxylic acids is 1. The third kappa shape index (κ3) is 3.81. The molecule has 1 amide bonds. The Balaban J connectivity index is 1.79. The van der Waals surface area contributed by atoms with Gasteiger partial charge in [0, 0.05) is 32.1 Å². The number of nitrogens with zero attached hydrogens (tertiary/aromatic N) is 1. The zero-order valence-electron chi connectivity index (χ0n) is 12.3. The molecular formula is C16H24N2O2. The van der Waals surface area contributed by atoms with Gasteiger partial charge >= 0.3 is 0 Å². The number of hydrogen-bond acceptors (Lipinski definition) is 3. The molecule has 1 aliphatic rings. The summed E-state index contributed by atoms with van der Waals surface area (Å²) in [6.07, 6.45) is 1.03. The summed E-state index contributed by atoms with van der Waals surface area (Å²) in [6, 6.07) is 8.44. The summed E-state index contributed by atoms with van der Waals surface area (Å²) < 4.78 is 0. The number of aliphatic hydroxyl groups excluding tert-OH is 1. The molecule has 110 valence electrons. The topological polar surface area (TPSA) is 52.6 Å². The SMILES string of the molecule is Cc1ccccc1[C@@H](C)NC[C@H](O)CN1CCCC1=O. The Hall–Kier alpha value is -1.39. The van der Waals surface area contributed by atoms with Crippen molar-refractivity contribution in [2.75, 3.05) is 19.6 Å². The lowest BCUT2D eigenvalue weighted by molar-refractivity contribution is -0.128. The summed E-state index contributed by atoms with van der Waals surface area (Å²) >= 11 is 0. The summed E-state index contributed by atoms with van der Waals surface area (Å²) in [5, 5.41) is 13.4. The molecule has 1 saturated heterocycles. The quantitative estimate of drug-likeness (QED) is 0.830. The molecule has 2 atom stereocenters. The van der Waals surface area contributed by atoms with E-state index >= 15 is 0 Å². The van der Waals surface area contributed by atoms with Crippen LogP contribution in [0.4, 0.5) is 0 Å². The smallest absolute Gasteiger partial charge is 0.222 e. The van der Waals surface area contributed by atoms with E-state index in [4.69, 9.17) is 0 Å². The Labute approximate surface area is 120 Å². The highest BCUT2D eigenvalue weighted by molar-refractivity contribution is 5.78. The second-order valence-corrected chi connectivity index (χ2v) is 5.58. The first-order valence-corrected chi connectivity index (χ1v) is 7.32. The van der Waals surface area contributed by atoms with Gasteiger partial charge in [-0.05, 0) is 31.4 Å². The zero-order valence-corrected chi connectivity index (χ0v) is 12.3. The Kier molecular flexibility index (Phi) is 5.15. The molecule has 0 saturated carbocycles. The van der Waals surface area contributed by atoms with Crippen LogP contribution in [0.15, 0.2) is 24.3 Å². The molecule has 1 aliphatic heterocycles. The van der Waals surface area contributed by atoms with Crippen molar-refractivity contribution in [1.82, 2.24) is 10.2 Å². The second-order valence-electron chi connectivity index (χ2n) is 5.58. The molecule has 1 aromatic carbocycles. The van der Waals surface area contributed by atoms with Gasteiger partial charge in [-0.1, -0.05) is 24.3 Å². The number of rotatable bonds is 6. The molecule has 2 rings (SSSR count). The third-order valence-electron chi connectivity index (χ3n) is 3.92.